The predicted octanol–water partition coefficient (Wildman–Crippen LogP) is 5.94. The molecule has 0 radical (unpaired) electrons. The monoisotopic (exact) mass is 751 g/mol. The highest BCUT2D eigenvalue weighted by atomic mass is 31.2. The van der Waals surface area contributed by atoms with Crippen LogP contribution in [-0.4, -0.2) is 98.2 Å². The van der Waals surface area contributed by atoms with Gasteiger partial charge in [0, 0.05) is 6.54 Å². The van der Waals surface area contributed by atoms with E-state index in [9.17, 15) is 9.50 Å². The van der Waals surface area contributed by atoms with Crippen molar-refractivity contribution in [3.05, 3.63) is 72.6 Å². The Morgan fingerprint density at radius 3 is 2.02 bits per heavy atom. The second-order valence-corrected chi connectivity index (χ2v) is 15.5. The summed E-state index contributed by atoms with van der Waals surface area (Å²) >= 11 is 0. The van der Waals surface area contributed by atoms with Crippen molar-refractivity contribution >= 4 is 30.9 Å². The van der Waals surface area contributed by atoms with Crippen LogP contribution in [0.25, 0.3) is 22.3 Å². The zero-order valence-electron chi connectivity index (χ0n) is 30.2. The van der Waals surface area contributed by atoms with Crippen LogP contribution in [0.15, 0.2) is 55.6 Å². The summed E-state index contributed by atoms with van der Waals surface area (Å²) in [4.78, 5) is 25.3. The van der Waals surface area contributed by atoms with E-state index in [4.69, 9.17) is 18.5 Å². The van der Waals surface area contributed by atoms with Crippen LogP contribution < -0.4 is 0 Å². The van der Waals surface area contributed by atoms with E-state index in [0.29, 0.717) is 35.2 Å². The molecule has 0 saturated carbocycles. The second-order valence-electron chi connectivity index (χ2n) is 14.1. The summed E-state index contributed by atoms with van der Waals surface area (Å²) in [5, 5.41) is 9.79. The van der Waals surface area contributed by atoms with Gasteiger partial charge in [-0.15, -0.1) is 0 Å². The minimum atomic E-state index is -1.49. The van der Waals surface area contributed by atoms with E-state index < -0.39 is 63.3 Å². The van der Waals surface area contributed by atoms with Crippen molar-refractivity contribution in [1.29, 1.82) is 0 Å². The van der Waals surface area contributed by atoms with E-state index in [1.54, 1.807) is 10.9 Å². The van der Waals surface area contributed by atoms with Crippen LogP contribution in [0.4, 0.5) is 8.78 Å². The molecule has 0 aliphatic carbocycles. The number of rotatable bonds is 7. The molecule has 1 aromatic carbocycles. The maximum Gasteiger partial charge on any atom is 0.260 e. The Labute approximate surface area is 306 Å². The summed E-state index contributed by atoms with van der Waals surface area (Å²) in [7, 11) is -1.42. The summed E-state index contributed by atoms with van der Waals surface area (Å²) in [5.74, 6) is 0. The van der Waals surface area contributed by atoms with Crippen molar-refractivity contribution in [3.63, 3.8) is 0 Å². The van der Waals surface area contributed by atoms with Gasteiger partial charge < -0.3 is 23.6 Å². The Bertz CT molecular complexity index is 2060. The average molecular weight is 752 g/mol. The molecular formula is C36H44F2N9O5P. The maximum absolute atomic E-state index is 16.0. The molecule has 17 heteroatoms. The highest BCUT2D eigenvalue weighted by Gasteiger charge is 2.57. The topological polar surface area (TPSA) is 148 Å². The van der Waals surface area contributed by atoms with E-state index in [2.05, 4.69) is 53.6 Å². The summed E-state index contributed by atoms with van der Waals surface area (Å²) < 4.78 is 60.5. The van der Waals surface area contributed by atoms with Crippen molar-refractivity contribution in [3.8, 4) is 0 Å². The van der Waals surface area contributed by atoms with Crippen LogP contribution in [-0.2, 0) is 24.1 Å². The Balaban J connectivity index is 0.000000178. The standard InChI is InChI=1S/C24H29FN5O3P.C12H15FN4O2/c1-4-17-21(19(25)23(31-17)29-14-28-20-15(2)26-13-27-22(20)29)32-34-30-12-8-11-18(30)24(3,33-34)16-9-6-5-7-10-16;1-3-7-10(18)8(13)12(19-7)17-5-16-9-6(2)14-4-15-11(9)17/h5-7,9-10,13-14,17-19,21,23H,4,8,11-12H2,1-3H3;4-5,7-8,10,12,18H,3H2,1-2H3/t17-,18+,19+,21?,23-,24-,34+;7-,8+,10?,12-/m11/s1. The van der Waals surface area contributed by atoms with Gasteiger partial charge in [0.1, 0.15) is 41.5 Å². The molecule has 2 unspecified atom stereocenters. The number of hydrogen-bond donors (Lipinski definition) is 1. The largest absolute Gasteiger partial charge is 0.387 e. The number of halogens is 2. The molecular weight excluding hydrogens is 707 g/mol. The highest BCUT2D eigenvalue weighted by molar-refractivity contribution is 7.45. The summed E-state index contributed by atoms with van der Waals surface area (Å²) in [5.41, 5.74) is 4.48. The lowest BCUT2D eigenvalue weighted by Gasteiger charge is -2.29. The third kappa shape index (κ3) is 6.21. The first-order valence-electron chi connectivity index (χ1n) is 18.2. The maximum atomic E-state index is 16.0. The van der Waals surface area contributed by atoms with Crippen LogP contribution in [0.5, 0.6) is 0 Å². The van der Waals surface area contributed by atoms with Crippen LogP contribution in [0.1, 0.15) is 75.9 Å². The van der Waals surface area contributed by atoms with Crippen molar-refractivity contribution in [2.24, 2.45) is 0 Å². The van der Waals surface area contributed by atoms with Gasteiger partial charge >= 0.3 is 0 Å². The Kier molecular flexibility index (Phi) is 9.98. The second kappa shape index (κ2) is 14.5. The molecule has 4 fully saturated rings. The van der Waals surface area contributed by atoms with Crippen LogP contribution >= 0.6 is 8.53 Å². The number of fused-ring (bicyclic) bond motifs is 3. The molecule has 4 aromatic heterocycles. The Morgan fingerprint density at radius 1 is 0.849 bits per heavy atom. The van der Waals surface area contributed by atoms with E-state index in [0.717, 1.165) is 36.3 Å². The van der Waals surface area contributed by atoms with Gasteiger partial charge in [0.15, 0.2) is 36.1 Å². The zero-order valence-corrected chi connectivity index (χ0v) is 31.1. The molecule has 14 nitrogen and oxygen atoms in total. The summed E-state index contributed by atoms with van der Waals surface area (Å²) in [6.45, 7) is 10.5. The lowest BCUT2D eigenvalue weighted by Crippen LogP contribution is -2.36. The van der Waals surface area contributed by atoms with Crippen molar-refractivity contribution < 1.29 is 32.4 Å². The molecule has 0 amide bonds. The highest BCUT2D eigenvalue weighted by Crippen LogP contribution is 2.64. The number of imidazole rings is 2. The number of aliphatic hydroxyl groups is 1. The normalized spacial score (nSPS) is 34.2. The first kappa shape index (κ1) is 36.4. The molecule has 53 heavy (non-hydrogen) atoms. The molecule has 0 bridgehead atoms. The molecule has 1 N–H and O–H groups in total. The van der Waals surface area contributed by atoms with Crippen LogP contribution in [0.2, 0.25) is 0 Å². The number of aryl methyl sites for hydroxylation is 2. The van der Waals surface area contributed by atoms with E-state index in [1.165, 1.54) is 23.5 Å². The number of benzene rings is 1. The fourth-order valence-corrected chi connectivity index (χ4v) is 10.1. The molecule has 0 spiro atoms. The van der Waals surface area contributed by atoms with Gasteiger partial charge in [-0.3, -0.25) is 9.13 Å². The van der Waals surface area contributed by atoms with Crippen LogP contribution in [0.3, 0.4) is 0 Å². The first-order chi connectivity index (χ1) is 25.6. The Hall–Kier alpha value is -3.63. The molecule has 282 valence electrons. The molecule has 4 aliphatic rings. The fourth-order valence-electron chi connectivity index (χ4n) is 7.93. The SMILES string of the molecule is CC[C@H]1O[C@@H](n2cnc3c(C)ncnc32)[C@@H](F)C1O.CC[C@H]1O[C@@H](n2cnc3c(C)ncnc32)[C@@H](F)C1O[P@@]1O[C@](C)(c2ccccc2)[C@@H]2CCCN21. The average Bonchev–Trinajstić information content (AvgIpc) is 4.02. The van der Waals surface area contributed by atoms with Gasteiger partial charge in [-0.25, -0.2) is 43.4 Å². The molecule has 5 aromatic rings. The Morgan fingerprint density at radius 2 is 1.43 bits per heavy atom. The van der Waals surface area contributed by atoms with Gasteiger partial charge in [-0.1, -0.05) is 44.2 Å². The van der Waals surface area contributed by atoms with Gasteiger partial charge in [0.25, 0.3) is 8.53 Å². The van der Waals surface area contributed by atoms with Gasteiger partial charge in [-0.05, 0) is 52.0 Å². The number of ether oxygens (including phenoxy) is 2. The predicted molar refractivity (Wildman–Crippen MR) is 191 cm³/mol. The van der Waals surface area contributed by atoms with E-state index in [-0.39, 0.29) is 6.04 Å². The van der Waals surface area contributed by atoms with Gasteiger partial charge in [-0.2, -0.15) is 0 Å². The fraction of sp³-hybridized carbons (Fsp3) is 0.556. The number of hydrogen-bond acceptors (Lipinski definition) is 12. The van der Waals surface area contributed by atoms with Crippen molar-refractivity contribution in [2.75, 3.05) is 6.54 Å². The number of nitrogens with zero attached hydrogens (tertiary/aromatic N) is 9. The van der Waals surface area contributed by atoms with Crippen molar-refractivity contribution in [1.82, 2.24) is 43.7 Å². The zero-order chi connectivity index (χ0) is 37.0. The quantitative estimate of drug-likeness (QED) is 0.196. The summed E-state index contributed by atoms with van der Waals surface area (Å²) in [6, 6.07) is 10.5. The third-order valence-electron chi connectivity index (χ3n) is 10.9. The number of alkyl halides is 2. The summed E-state index contributed by atoms with van der Waals surface area (Å²) in [6.07, 6.45) is 1.88. The lowest BCUT2D eigenvalue weighted by molar-refractivity contribution is -0.0238. The van der Waals surface area contributed by atoms with E-state index in [1.807, 2.05) is 45.9 Å². The lowest BCUT2D eigenvalue weighted by atomic mass is 9.87. The number of aliphatic hydroxyl groups excluding tert-OH is 1. The molecule has 4 aliphatic heterocycles. The number of aromatic nitrogens is 8. The van der Waals surface area contributed by atoms with Crippen molar-refractivity contribution in [2.45, 2.75) is 121 Å². The van der Waals surface area contributed by atoms with Gasteiger partial charge in [0.05, 0.1) is 42.3 Å². The van der Waals surface area contributed by atoms with Gasteiger partial charge in [0.2, 0.25) is 0 Å². The minimum Gasteiger partial charge on any atom is -0.387 e. The minimum absolute atomic E-state index is 0.217. The molecule has 9 rings (SSSR count). The first-order valence-corrected chi connectivity index (χ1v) is 19.3. The third-order valence-corrected chi connectivity index (χ3v) is 12.8. The molecule has 11 atom stereocenters. The van der Waals surface area contributed by atoms with Crippen LogP contribution in [0, 0.1) is 13.8 Å². The van der Waals surface area contributed by atoms with E-state index >= 15 is 4.39 Å². The molecule has 4 saturated heterocycles. The molecule has 8 heterocycles. The smallest absolute Gasteiger partial charge is 0.260 e.